The summed E-state index contributed by atoms with van der Waals surface area (Å²) in [6.07, 6.45) is 3.17. The number of hydrogen-bond donors (Lipinski definition) is 0. The molecule has 2 fully saturated rings. The molecule has 112 valence electrons. The van der Waals surface area contributed by atoms with E-state index in [9.17, 15) is 10.1 Å². The highest BCUT2D eigenvalue weighted by molar-refractivity contribution is 5.78. The molecule has 1 heterocycles. The molecule has 0 aromatic rings. The number of hydrogen-bond acceptors (Lipinski definition) is 3. The summed E-state index contributed by atoms with van der Waals surface area (Å²) >= 11 is 0. The van der Waals surface area contributed by atoms with Crippen molar-refractivity contribution >= 4 is 5.91 Å². The molecule has 1 aliphatic heterocycles. The van der Waals surface area contributed by atoms with E-state index in [1.807, 2.05) is 7.05 Å². The molecule has 4 nitrogen and oxygen atoms in total. The molecule has 0 radical (unpaired) electrons. The van der Waals surface area contributed by atoms with Gasteiger partial charge in [0.2, 0.25) is 5.91 Å². The molecule has 0 spiro atoms. The fourth-order valence-electron chi connectivity index (χ4n) is 3.55. The van der Waals surface area contributed by atoms with Crippen molar-refractivity contribution in [2.24, 2.45) is 17.3 Å². The normalized spacial score (nSPS) is 33.0. The van der Waals surface area contributed by atoms with Gasteiger partial charge in [-0.1, -0.05) is 20.8 Å². The molecule has 0 N–H and O–H groups in total. The van der Waals surface area contributed by atoms with Crippen LogP contribution in [0.25, 0.3) is 0 Å². The van der Waals surface area contributed by atoms with Gasteiger partial charge < -0.3 is 4.90 Å². The lowest BCUT2D eigenvalue weighted by Gasteiger charge is -2.46. The molecule has 3 atom stereocenters. The maximum atomic E-state index is 11.9. The summed E-state index contributed by atoms with van der Waals surface area (Å²) in [5.41, 5.74) is 0.287. The van der Waals surface area contributed by atoms with Gasteiger partial charge in [-0.15, -0.1) is 0 Å². The maximum absolute atomic E-state index is 11.9. The Bertz CT molecular complexity index is 407. The average Bonchev–Trinajstić information content (AvgIpc) is 2.40. The molecule has 4 heteroatoms. The van der Waals surface area contributed by atoms with E-state index in [2.05, 4.69) is 31.7 Å². The highest BCUT2D eigenvalue weighted by Gasteiger charge is 2.40. The predicted octanol–water partition coefficient (Wildman–Crippen LogP) is 2.11. The van der Waals surface area contributed by atoms with Crippen molar-refractivity contribution in [2.75, 3.05) is 26.7 Å². The minimum absolute atomic E-state index is 0.0878. The van der Waals surface area contributed by atoms with E-state index in [1.54, 1.807) is 4.90 Å². The SMILES string of the molecule is CN1CCN(C2CC(C(C)(C)C)CCC2C#N)CC1=O. The van der Waals surface area contributed by atoms with Gasteiger partial charge in [-0.3, -0.25) is 9.69 Å². The minimum Gasteiger partial charge on any atom is -0.343 e. The van der Waals surface area contributed by atoms with Crippen molar-refractivity contribution in [1.29, 1.82) is 5.26 Å². The van der Waals surface area contributed by atoms with Gasteiger partial charge in [-0.2, -0.15) is 5.26 Å². The second-order valence-corrected chi connectivity index (χ2v) is 7.46. The lowest BCUT2D eigenvalue weighted by atomic mass is 9.67. The van der Waals surface area contributed by atoms with Crippen LogP contribution >= 0.6 is 0 Å². The van der Waals surface area contributed by atoms with Crippen molar-refractivity contribution in [3.8, 4) is 6.07 Å². The fourth-order valence-corrected chi connectivity index (χ4v) is 3.55. The van der Waals surface area contributed by atoms with Crippen molar-refractivity contribution in [2.45, 2.75) is 46.1 Å². The third-order valence-electron chi connectivity index (χ3n) is 5.16. The molecular formula is C16H27N3O. The molecule has 0 aromatic carbocycles. The van der Waals surface area contributed by atoms with Gasteiger partial charge in [0, 0.05) is 26.2 Å². The number of rotatable bonds is 1. The molecule has 2 rings (SSSR count). The average molecular weight is 277 g/mol. The van der Waals surface area contributed by atoms with Crippen LogP contribution in [0.4, 0.5) is 0 Å². The zero-order valence-electron chi connectivity index (χ0n) is 13.2. The first-order valence-electron chi connectivity index (χ1n) is 7.70. The van der Waals surface area contributed by atoms with E-state index in [0.717, 1.165) is 32.4 Å². The topological polar surface area (TPSA) is 47.3 Å². The first-order valence-corrected chi connectivity index (χ1v) is 7.70. The predicted molar refractivity (Wildman–Crippen MR) is 78.9 cm³/mol. The van der Waals surface area contributed by atoms with Crippen molar-refractivity contribution < 1.29 is 4.79 Å². The number of piperazine rings is 1. The lowest BCUT2D eigenvalue weighted by molar-refractivity contribution is -0.136. The Morgan fingerprint density at radius 1 is 1.25 bits per heavy atom. The quantitative estimate of drug-likeness (QED) is 0.737. The van der Waals surface area contributed by atoms with Crippen LogP contribution in [0.1, 0.15) is 40.0 Å². The maximum Gasteiger partial charge on any atom is 0.236 e. The first kappa shape index (κ1) is 15.3. The van der Waals surface area contributed by atoms with Crippen molar-refractivity contribution in [3.63, 3.8) is 0 Å². The van der Waals surface area contributed by atoms with E-state index in [0.29, 0.717) is 12.5 Å². The molecule has 0 bridgehead atoms. The van der Waals surface area contributed by atoms with Gasteiger partial charge in [-0.25, -0.2) is 0 Å². The van der Waals surface area contributed by atoms with Gasteiger partial charge in [0.1, 0.15) is 0 Å². The molecule has 1 aliphatic carbocycles. The molecule has 1 amide bonds. The van der Waals surface area contributed by atoms with Crippen LogP contribution in [0.2, 0.25) is 0 Å². The number of carbonyl (C=O) groups excluding carboxylic acids is 1. The zero-order chi connectivity index (χ0) is 14.9. The van der Waals surface area contributed by atoms with Crippen LogP contribution in [0, 0.1) is 28.6 Å². The second-order valence-electron chi connectivity index (χ2n) is 7.46. The third kappa shape index (κ3) is 3.15. The van der Waals surface area contributed by atoms with E-state index in [1.165, 1.54) is 0 Å². The lowest BCUT2D eigenvalue weighted by Crippen LogP contribution is -2.55. The zero-order valence-corrected chi connectivity index (χ0v) is 13.2. The molecule has 20 heavy (non-hydrogen) atoms. The molecule has 2 aliphatic rings. The van der Waals surface area contributed by atoms with Crippen molar-refractivity contribution in [1.82, 2.24) is 9.80 Å². The van der Waals surface area contributed by atoms with E-state index in [-0.39, 0.29) is 23.3 Å². The van der Waals surface area contributed by atoms with E-state index in [4.69, 9.17) is 0 Å². The summed E-state index contributed by atoms with van der Waals surface area (Å²) < 4.78 is 0. The van der Waals surface area contributed by atoms with Gasteiger partial charge in [0.05, 0.1) is 18.5 Å². The molecule has 1 saturated heterocycles. The summed E-state index contributed by atoms with van der Waals surface area (Å²) in [6, 6.07) is 2.74. The van der Waals surface area contributed by atoms with Gasteiger partial charge in [0.25, 0.3) is 0 Å². The monoisotopic (exact) mass is 277 g/mol. The van der Waals surface area contributed by atoms with Crippen LogP contribution in [0.15, 0.2) is 0 Å². The highest BCUT2D eigenvalue weighted by Crippen LogP contribution is 2.41. The largest absolute Gasteiger partial charge is 0.343 e. The molecule has 3 unspecified atom stereocenters. The second kappa shape index (κ2) is 5.73. The van der Waals surface area contributed by atoms with Gasteiger partial charge in [-0.05, 0) is 30.6 Å². The van der Waals surface area contributed by atoms with E-state index < -0.39 is 0 Å². The van der Waals surface area contributed by atoms with Crippen LogP contribution in [0.3, 0.4) is 0 Å². The number of carbonyl (C=O) groups is 1. The Balaban J connectivity index is 2.10. The Morgan fingerprint density at radius 3 is 2.50 bits per heavy atom. The summed E-state index contributed by atoms with van der Waals surface area (Å²) in [4.78, 5) is 16.0. The summed E-state index contributed by atoms with van der Waals surface area (Å²) in [5, 5.41) is 9.43. The smallest absolute Gasteiger partial charge is 0.236 e. The van der Waals surface area contributed by atoms with Gasteiger partial charge in [0.15, 0.2) is 0 Å². The number of amides is 1. The Hall–Kier alpha value is -1.08. The van der Waals surface area contributed by atoms with Crippen molar-refractivity contribution in [3.05, 3.63) is 0 Å². The number of nitriles is 1. The van der Waals surface area contributed by atoms with Crippen LogP contribution < -0.4 is 0 Å². The molecule has 0 aromatic heterocycles. The molecular weight excluding hydrogens is 250 g/mol. The standard InChI is InChI=1S/C16H27N3O/c1-16(2,3)13-6-5-12(10-17)14(9-13)19-8-7-18(4)15(20)11-19/h12-14H,5-9,11H2,1-4H3. The minimum atomic E-state index is 0.0878. The van der Waals surface area contributed by atoms with Crippen LogP contribution in [-0.4, -0.2) is 48.4 Å². The number of likely N-dealkylation sites (N-methyl/N-ethyl adjacent to an activating group) is 1. The number of nitrogens with zero attached hydrogens (tertiary/aromatic N) is 3. The van der Waals surface area contributed by atoms with Crippen LogP contribution in [0.5, 0.6) is 0 Å². The van der Waals surface area contributed by atoms with Crippen LogP contribution in [-0.2, 0) is 4.79 Å². The Labute approximate surface area is 122 Å². The first-order chi connectivity index (χ1) is 9.32. The summed E-state index contributed by atoms with van der Waals surface area (Å²) in [5.74, 6) is 0.919. The summed E-state index contributed by atoms with van der Waals surface area (Å²) in [6.45, 7) is 9.04. The fraction of sp³-hybridized carbons (Fsp3) is 0.875. The van der Waals surface area contributed by atoms with Gasteiger partial charge >= 0.3 is 0 Å². The Morgan fingerprint density at radius 2 is 1.95 bits per heavy atom. The Kier molecular flexibility index (Phi) is 4.39. The molecule has 1 saturated carbocycles. The summed E-state index contributed by atoms with van der Waals surface area (Å²) in [7, 11) is 1.86. The third-order valence-corrected chi connectivity index (χ3v) is 5.16. The van der Waals surface area contributed by atoms with E-state index >= 15 is 0 Å². The highest BCUT2D eigenvalue weighted by atomic mass is 16.2.